The summed E-state index contributed by atoms with van der Waals surface area (Å²) in [6.45, 7) is -0.0443. The second-order valence-electron chi connectivity index (χ2n) is 7.82. The number of sulfonamides is 1. The van der Waals surface area contributed by atoms with Crippen LogP contribution in [0.5, 0.6) is 0 Å². The van der Waals surface area contributed by atoms with E-state index >= 15 is 0 Å². The van der Waals surface area contributed by atoms with Crippen LogP contribution in [0, 0.1) is 5.82 Å². The van der Waals surface area contributed by atoms with Crippen molar-refractivity contribution < 1.29 is 17.6 Å². The van der Waals surface area contributed by atoms with E-state index in [1.165, 1.54) is 23.6 Å². The van der Waals surface area contributed by atoms with Crippen LogP contribution >= 0.6 is 11.3 Å². The van der Waals surface area contributed by atoms with Crippen molar-refractivity contribution in [2.24, 2.45) is 0 Å². The molecular weight excluding hydrogens is 477 g/mol. The highest BCUT2D eigenvalue weighted by atomic mass is 32.2. The third kappa shape index (κ3) is 3.80. The number of aromatic nitrogens is 2. The standard InChI is InChI=1S/C24H18FN3O4S2/c1-34(31,32)27-24(30)21-19(16-6-4-11-26-23(16)29)20-18(9-8-14-10-12-33-22(14)20)28(21)13-15-5-2-3-7-17(15)25/h2-12H,13H2,1H3,(H,26,29)(H,27,30). The molecule has 0 saturated heterocycles. The molecule has 0 fully saturated rings. The number of fused-ring (bicyclic) bond motifs is 3. The molecule has 0 aliphatic heterocycles. The summed E-state index contributed by atoms with van der Waals surface area (Å²) in [4.78, 5) is 28.9. The summed E-state index contributed by atoms with van der Waals surface area (Å²) in [6, 6.07) is 15.0. The van der Waals surface area contributed by atoms with Gasteiger partial charge in [0.2, 0.25) is 10.0 Å². The number of carbonyl (C=O) groups is 1. The Bertz CT molecular complexity index is 1750. The molecule has 0 radical (unpaired) electrons. The largest absolute Gasteiger partial charge is 0.331 e. The number of nitrogens with zero attached hydrogens (tertiary/aromatic N) is 1. The molecule has 172 valence electrons. The normalized spacial score (nSPS) is 11.8. The van der Waals surface area contributed by atoms with Gasteiger partial charge < -0.3 is 9.55 Å². The molecule has 0 atom stereocenters. The lowest BCUT2D eigenvalue weighted by atomic mass is 10.0. The van der Waals surface area contributed by atoms with Gasteiger partial charge in [-0.2, -0.15) is 0 Å². The fourth-order valence-electron chi connectivity index (χ4n) is 4.16. The van der Waals surface area contributed by atoms with Gasteiger partial charge in [-0.1, -0.05) is 24.3 Å². The van der Waals surface area contributed by atoms with E-state index in [1.807, 2.05) is 22.2 Å². The molecule has 5 aromatic rings. The maximum Gasteiger partial charge on any atom is 0.282 e. The quantitative estimate of drug-likeness (QED) is 0.384. The van der Waals surface area contributed by atoms with Gasteiger partial charge in [-0.25, -0.2) is 17.5 Å². The number of benzene rings is 2. The van der Waals surface area contributed by atoms with Crippen molar-refractivity contribution in [2.45, 2.75) is 6.54 Å². The first-order valence-electron chi connectivity index (χ1n) is 10.2. The molecule has 0 saturated carbocycles. The topological polar surface area (TPSA) is 101 Å². The highest BCUT2D eigenvalue weighted by molar-refractivity contribution is 7.89. The zero-order valence-corrected chi connectivity index (χ0v) is 19.5. The zero-order valence-electron chi connectivity index (χ0n) is 17.8. The molecule has 3 heterocycles. The number of hydrogen-bond acceptors (Lipinski definition) is 5. The predicted octanol–water partition coefficient (Wildman–Crippen LogP) is 4.09. The lowest BCUT2D eigenvalue weighted by Crippen LogP contribution is -2.32. The first kappa shape index (κ1) is 22.1. The summed E-state index contributed by atoms with van der Waals surface area (Å²) < 4.78 is 43.0. The van der Waals surface area contributed by atoms with E-state index in [0.29, 0.717) is 22.0 Å². The number of H-pyrrole nitrogens is 1. The van der Waals surface area contributed by atoms with Crippen molar-refractivity contribution in [3.8, 4) is 11.1 Å². The van der Waals surface area contributed by atoms with Gasteiger partial charge in [-0.05, 0) is 41.1 Å². The molecule has 0 unspecified atom stereocenters. The van der Waals surface area contributed by atoms with Crippen molar-refractivity contribution in [1.29, 1.82) is 0 Å². The summed E-state index contributed by atoms with van der Waals surface area (Å²) in [5.41, 5.74) is 0.917. The average Bonchev–Trinajstić information content (AvgIpc) is 3.37. The Hall–Kier alpha value is -3.76. The minimum atomic E-state index is -3.92. The van der Waals surface area contributed by atoms with Crippen LogP contribution < -0.4 is 10.3 Å². The second-order valence-corrected chi connectivity index (χ2v) is 10.5. The highest BCUT2D eigenvalue weighted by Crippen LogP contribution is 2.40. The van der Waals surface area contributed by atoms with Gasteiger partial charge in [-0.15, -0.1) is 11.3 Å². The van der Waals surface area contributed by atoms with E-state index in [2.05, 4.69) is 4.98 Å². The smallest absolute Gasteiger partial charge is 0.282 e. The van der Waals surface area contributed by atoms with Gasteiger partial charge in [0, 0.05) is 33.0 Å². The van der Waals surface area contributed by atoms with Gasteiger partial charge in [0.15, 0.2) is 0 Å². The van der Waals surface area contributed by atoms with Crippen LogP contribution in [0.2, 0.25) is 0 Å². The highest BCUT2D eigenvalue weighted by Gasteiger charge is 2.28. The number of hydrogen-bond donors (Lipinski definition) is 2. The Morgan fingerprint density at radius 2 is 1.91 bits per heavy atom. The summed E-state index contributed by atoms with van der Waals surface area (Å²) in [5, 5.41) is 3.43. The molecule has 0 bridgehead atoms. The predicted molar refractivity (Wildman–Crippen MR) is 131 cm³/mol. The van der Waals surface area contributed by atoms with Crippen LogP contribution in [0.3, 0.4) is 0 Å². The Labute approximate surface area is 197 Å². The number of halogens is 1. The van der Waals surface area contributed by atoms with Crippen LogP contribution in [-0.2, 0) is 16.6 Å². The fourth-order valence-corrected chi connectivity index (χ4v) is 5.54. The molecule has 7 nitrogen and oxygen atoms in total. The van der Waals surface area contributed by atoms with Crippen LogP contribution in [0.15, 0.2) is 71.0 Å². The SMILES string of the molecule is CS(=O)(=O)NC(=O)c1c(-c2ccc[nH]c2=O)c2c3sccc3ccc2n1Cc1ccccc1F. The number of rotatable bonds is 5. The molecule has 0 aliphatic rings. The zero-order chi connectivity index (χ0) is 24.0. The van der Waals surface area contributed by atoms with E-state index in [9.17, 15) is 22.4 Å². The van der Waals surface area contributed by atoms with Gasteiger partial charge in [0.1, 0.15) is 11.5 Å². The Morgan fingerprint density at radius 1 is 1.12 bits per heavy atom. The molecule has 0 aliphatic carbocycles. The Kier molecular flexibility index (Phi) is 5.34. The van der Waals surface area contributed by atoms with Gasteiger partial charge >= 0.3 is 0 Å². The van der Waals surface area contributed by atoms with Crippen LogP contribution in [0.1, 0.15) is 16.1 Å². The van der Waals surface area contributed by atoms with Crippen LogP contribution in [0.25, 0.3) is 32.1 Å². The second kappa shape index (κ2) is 8.23. The third-order valence-corrected chi connectivity index (χ3v) is 7.02. The maximum absolute atomic E-state index is 14.6. The summed E-state index contributed by atoms with van der Waals surface area (Å²) in [5.74, 6) is -1.37. The van der Waals surface area contributed by atoms with E-state index < -0.39 is 27.3 Å². The lowest BCUT2D eigenvalue weighted by Gasteiger charge is -2.13. The van der Waals surface area contributed by atoms with Crippen LogP contribution in [-0.4, -0.2) is 30.1 Å². The summed E-state index contributed by atoms with van der Waals surface area (Å²) in [6.07, 6.45) is 2.35. The van der Waals surface area contributed by atoms with Crippen molar-refractivity contribution in [3.63, 3.8) is 0 Å². The molecule has 5 rings (SSSR count). The Morgan fingerprint density at radius 3 is 2.65 bits per heavy atom. The van der Waals surface area contributed by atoms with Gasteiger partial charge in [0.25, 0.3) is 11.5 Å². The Balaban J connectivity index is 1.94. The molecule has 2 N–H and O–H groups in total. The minimum absolute atomic E-state index is 0.0405. The fraction of sp³-hybridized carbons (Fsp3) is 0.0833. The monoisotopic (exact) mass is 495 g/mol. The number of amides is 1. The van der Waals surface area contributed by atoms with Crippen molar-refractivity contribution in [2.75, 3.05) is 6.26 Å². The first-order valence-corrected chi connectivity index (χ1v) is 13.0. The van der Waals surface area contributed by atoms with Gasteiger partial charge in [-0.3, -0.25) is 9.59 Å². The van der Waals surface area contributed by atoms with E-state index in [1.54, 1.807) is 41.0 Å². The molecule has 1 amide bonds. The third-order valence-electron chi connectivity index (χ3n) is 5.51. The lowest BCUT2D eigenvalue weighted by molar-refractivity contribution is 0.0974. The molecule has 10 heteroatoms. The number of pyridine rings is 1. The average molecular weight is 496 g/mol. The van der Waals surface area contributed by atoms with Crippen molar-refractivity contribution >= 4 is 48.3 Å². The number of thiophene rings is 1. The molecular formula is C24H18FN3O4S2. The number of carbonyl (C=O) groups excluding carboxylic acids is 1. The van der Waals surface area contributed by atoms with E-state index in [-0.39, 0.29) is 17.8 Å². The maximum atomic E-state index is 14.6. The first-order chi connectivity index (χ1) is 16.2. The van der Waals surface area contributed by atoms with Crippen molar-refractivity contribution in [1.82, 2.24) is 14.3 Å². The molecule has 2 aromatic carbocycles. The van der Waals surface area contributed by atoms with E-state index in [4.69, 9.17) is 0 Å². The minimum Gasteiger partial charge on any atom is -0.331 e. The van der Waals surface area contributed by atoms with Crippen molar-refractivity contribution in [3.05, 3.63) is 93.6 Å². The number of aromatic amines is 1. The van der Waals surface area contributed by atoms with E-state index in [0.717, 1.165) is 16.3 Å². The summed E-state index contributed by atoms with van der Waals surface area (Å²) in [7, 11) is -3.92. The van der Waals surface area contributed by atoms with Crippen LogP contribution in [0.4, 0.5) is 4.39 Å². The van der Waals surface area contributed by atoms with Gasteiger partial charge in [0.05, 0.1) is 18.3 Å². The molecule has 34 heavy (non-hydrogen) atoms. The number of nitrogens with one attached hydrogen (secondary N) is 2. The summed E-state index contributed by atoms with van der Waals surface area (Å²) >= 11 is 1.44. The molecule has 3 aromatic heterocycles. The molecule has 0 spiro atoms.